The summed E-state index contributed by atoms with van der Waals surface area (Å²) in [6, 6.07) is 10.3. The monoisotopic (exact) mass is 388 g/mol. The summed E-state index contributed by atoms with van der Waals surface area (Å²) < 4.78 is 13.1. The Kier molecular flexibility index (Phi) is 3.55. The lowest BCUT2D eigenvalue weighted by atomic mass is 10.1. The van der Waals surface area contributed by atoms with E-state index in [4.69, 9.17) is 9.15 Å². The second-order valence-corrected chi connectivity index (χ2v) is 7.84. The van der Waals surface area contributed by atoms with E-state index in [2.05, 4.69) is 9.97 Å². The van der Waals surface area contributed by atoms with E-state index in [1.807, 2.05) is 52.8 Å². The van der Waals surface area contributed by atoms with Crippen molar-refractivity contribution in [2.45, 2.75) is 31.8 Å². The van der Waals surface area contributed by atoms with Crippen molar-refractivity contribution in [3.8, 4) is 11.1 Å². The number of ether oxygens (including phenoxy) is 1. The molecule has 3 aromatic heterocycles. The number of aryl methyl sites for hydroxylation is 1. The molecule has 0 aliphatic carbocycles. The van der Waals surface area contributed by atoms with Gasteiger partial charge in [0.25, 0.3) is 5.91 Å². The lowest BCUT2D eigenvalue weighted by molar-refractivity contribution is -0.00751. The summed E-state index contributed by atoms with van der Waals surface area (Å²) in [5.74, 6) is 0.684. The predicted molar refractivity (Wildman–Crippen MR) is 107 cm³/mol. The summed E-state index contributed by atoms with van der Waals surface area (Å²) in [6.07, 6.45) is 5.68. The van der Waals surface area contributed by atoms with Gasteiger partial charge in [-0.3, -0.25) is 9.20 Å². The van der Waals surface area contributed by atoms with E-state index in [1.54, 1.807) is 6.20 Å². The van der Waals surface area contributed by atoms with Crippen LogP contribution >= 0.6 is 0 Å². The molecule has 7 heteroatoms. The Balaban J connectivity index is 1.42. The number of hydrogen-bond donors (Lipinski definition) is 0. The van der Waals surface area contributed by atoms with Gasteiger partial charge < -0.3 is 14.1 Å². The van der Waals surface area contributed by atoms with Crippen molar-refractivity contribution < 1.29 is 13.9 Å². The van der Waals surface area contributed by atoms with Crippen LogP contribution in [0.2, 0.25) is 0 Å². The van der Waals surface area contributed by atoms with Crippen LogP contribution in [0.5, 0.6) is 0 Å². The fraction of sp³-hybridized carbons (Fsp3) is 0.318. The Morgan fingerprint density at radius 3 is 2.72 bits per heavy atom. The number of fused-ring (bicyclic) bond motifs is 4. The number of aromatic nitrogens is 3. The molecule has 5 heterocycles. The Bertz CT molecular complexity index is 1240. The fourth-order valence-electron chi connectivity index (χ4n) is 4.62. The standard InChI is InChI=1S/C22H20N4O3/c1-13-24-18-8-14(2-6-20(18)29-13)15-3-7-21-23-9-19(25(21)10-15)22(27)26-16-4-5-17(26)12-28-11-16/h2-3,6-10,16-17H,4-5,11-12H2,1H3. The highest BCUT2D eigenvalue weighted by Crippen LogP contribution is 2.31. The normalized spacial score (nSPS) is 21.3. The highest BCUT2D eigenvalue weighted by atomic mass is 16.5. The minimum absolute atomic E-state index is 0.0352. The smallest absolute Gasteiger partial charge is 0.273 e. The number of pyridine rings is 1. The van der Waals surface area contributed by atoms with Gasteiger partial charge in [-0.2, -0.15) is 0 Å². The number of benzene rings is 1. The highest BCUT2D eigenvalue weighted by molar-refractivity contribution is 5.94. The third-order valence-electron chi connectivity index (χ3n) is 6.03. The summed E-state index contributed by atoms with van der Waals surface area (Å²) in [5, 5.41) is 0. The first-order chi connectivity index (χ1) is 14.2. The van der Waals surface area contributed by atoms with Crippen LogP contribution in [-0.2, 0) is 4.74 Å². The molecule has 4 aromatic rings. The number of morpholine rings is 1. The topological polar surface area (TPSA) is 72.9 Å². The minimum atomic E-state index is 0.0352. The van der Waals surface area contributed by atoms with Crippen molar-refractivity contribution >= 4 is 22.7 Å². The molecule has 29 heavy (non-hydrogen) atoms. The Hall–Kier alpha value is -3.19. The third-order valence-corrected chi connectivity index (χ3v) is 6.03. The molecule has 2 aliphatic heterocycles. The van der Waals surface area contributed by atoms with Crippen LogP contribution in [0.1, 0.15) is 29.2 Å². The van der Waals surface area contributed by atoms with Gasteiger partial charge in [-0.05, 0) is 48.2 Å². The Morgan fingerprint density at radius 2 is 1.90 bits per heavy atom. The molecule has 2 saturated heterocycles. The predicted octanol–water partition coefficient (Wildman–Crippen LogP) is 3.45. The quantitative estimate of drug-likeness (QED) is 0.526. The van der Waals surface area contributed by atoms with Gasteiger partial charge in [-0.15, -0.1) is 0 Å². The van der Waals surface area contributed by atoms with Crippen molar-refractivity contribution in [3.05, 3.63) is 54.3 Å². The van der Waals surface area contributed by atoms with E-state index in [0.717, 1.165) is 40.7 Å². The summed E-state index contributed by atoms with van der Waals surface area (Å²) in [4.78, 5) is 24.2. The molecule has 0 N–H and O–H groups in total. The number of oxazole rings is 1. The molecule has 2 fully saturated rings. The van der Waals surface area contributed by atoms with Gasteiger partial charge >= 0.3 is 0 Å². The van der Waals surface area contributed by atoms with Crippen LogP contribution < -0.4 is 0 Å². The number of rotatable bonds is 2. The van der Waals surface area contributed by atoms with Crippen LogP contribution in [0.15, 0.2) is 47.1 Å². The van der Waals surface area contributed by atoms with E-state index < -0.39 is 0 Å². The van der Waals surface area contributed by atoms with Crippen molar-refractivity contribution in [2.24, 2.45) is 0 Å². The second kappa shape index (κ2) is 6.15. The maximum atomic E-state index is 13.3. The van der Waals surface area contributed by atoms with E-state index in [1.165, 1.54) is 0 Å². The zero-order valence-corrected chi connectivity index (χ0v) is 16.0. The van der Waals surface area contributed by atoms with Crippen LogP contribution in [0.25, 0.3) is 27.9 Å². The first kappa shape index (κ1) is 16.7. The zero-order chi connectivity index (χ0) is 19.5. The van der Waals surface area contributed by atoms with E-state index in [0.29, 0.717) is 24.8 Å². The SMILES string of the molecule is Cc1nc2cc(-c3ccc4ncc(C(=O)N5C6CCC5COC6)n4c3)ccc2o1. The van der Waals surface area contributed by atoms with Gasteiger partial charge in [0.15, 0.2) is 11.5 Å². The summed E-state index contributed by atoms with van der Waals surface area (Å²) in [7, 11) is 0. The summed E-state index contributed by atoms with van der Waals surface area (Å²) in [5.41, 5.74) is 4.97. The number of amides is 1. The van der Waals surface area contributed by atoms with E-state index in [9.17, 15) is 4.79 Å². The first-order valence-electron chi connectivity index (χ1n) is 9.92. The molecule has 0 saturated carbocycles. The number of carbonyl (C=O) groups is 1. The average molecular weight is 388 g/mol. The van der Waals surface area contributed by atoms with Gasteiger partial charge in [0.05, 0.1) is 31.5 Å². The lowest BCUT2D eigenvalue weighted by Crippen LogP contribution is -2.49. The average Bonchev–Trinajstić information content (AvgIpc) is 3.39. The van der Waals surface area contributed by atoms with Gasteiger partial charge in [0.1, 0.15) is 16.9 Å². The fourth-order valence-corrected chi connectivity index (χ4v) is 4.62. The van der Waals surface area contributed by atoms with Crippen molar-refractivity contribution in [1.82, 2.24) is 19.3 Å². The molecule has 6 rings (SSSR count). The number of nitrogens with zero attached hydrogens (tertiary/aromatic N) is 4. The van der Waals surface area contributed by atoms with Crippen molar-refractivity contribution in [3.63, 3.8) is 0 Å². The Labute approximate surface area is 166 Å². The number of hydrogen-bond acceptors (Lipinski definition) is 5. The molecule has 2 bridgehead atoms. The molecule has 7 nitrogen and oxygen atoms in total. The van der Waals surface area contributed by atoms with Crippen LogP contribution in [-0.4, -0.2) is 50.5 Å². The molecule has 2 atom stereocenters. The molecule has 2 aliphatic rings. The zero-order valence-electron chi connectivity index (χ0n) is 16.0. The lowest BCUT2D eigenvalue weighted by Gasteiger charge is -2.34. The maximum Gasteiger partial charge on any atom is 0.273 e. The van der Waals surface area contributed by atoms with E-state index >= 15 is 0 Å². The van der Waals surface area contributed by atoms with E-state index in [-0.39, 0.29) is 18.0 Å². The molecule has 2 unspecified atom stereocenters. The summed E-state index contributed by atoms with van der Waals surface area (Å²) in [6.45, 7) is 3.09. The van der Waals surface area contributed by atoms with Gasteiger partial charge in [0.2, 0.25) is 0 Å². The highest BCUT2D eigenvalue weighted by Gasteiger charge is 2.41. The van der Waals surface area contributed by atoms with Gasteiger partial charge in [-0.25, -0.2) is 9.97 Å². The van der Waals surface area contributed by atoms with Crippen molar-refractivity contribution in [1.29, 1.82) is 0 Å². The maximum absolute atomic E-state index is 13.3. The van der Waals surface area contributed by atoms with Crippen LogP contribution in [0.4, 0.5) is 0 Å². The molecular formula is C22H20N4O3. The largest absolute Gasteiger partial charge is 0.441 e. The van der Waals surface area contributed by atoms with Crippen LogP contribution in [0, 0.1) is 6.92 Å². The summed E-state index contributed by atoms with van der Waals surface area (Å²) >= 11 is 0. The van der Waals surface area contributed by atoms with Gasteiger partial charge in [0, 0.05) is 13.1 Å². The molecule has 0 radical (unpaired) electrons. The van der Waals surface area contributed by atoms with Crippen LogP contribution in [0.3, 0.4) is 0 Å². The number of imidazole rings is 1. The molecule has 1 amide bonds. The molecule has 1 aromatic carbocycles. The third kappa shape index (κ3) is 2.57. The molecule has 0 spiro atoms. The second-order valence-electron chi connectivity index (χ2n) is 7.84. The van der Waals surface area contributed by atoms with Crippen molar-refractivity contribution in [2.75, 3.05) is 13.2 Å². The minimum Gasteiger partial charge on any atom is -0.441 e. The van der Waals surface area contributed by atoms with Gasteiger partial charge in [-0.1, -0.05) is 6.07 Å². The number of carbonyl (C=O) groups excluding carboxylic acids is 1. The first-order valence-corrected chi connectivity index (χ1v) is 9.92. The molecule has 146 valence electrons. The molecular weight excluding hydrogens is 368 g/mol. The Morgan fingerprint density at radius 1 is 1.10 bits per heavy atom.